The molecule has 0 saturated heterocycles. The van der Waals surface area contributed by atoms with Crippen molar-refractivity contribution in [1.82, 2.24) is 18.9 Å². The van der Waals surface area contributed by atoms with Crippen LogP contribution in [0.3, 0.4) is 0 Å². The first-order valence-electron chi connectivity index (χ1n) is 17.1. The monoisotopic (exact) mass is 634 g/mol. The Morgan fingerprint density at radius 1 is 0.380 bits per heavy atom. The highest BCUT2D eigenvalue weighted by atomic mass is 15.2. The lowest BCUT2D eigenvalue weighted by Crippen LogP contribution is -2.04. The molecule has 0 saturated carbocycles. The van der Waals surface area contributed by atoms with E-state index in [1.807, 2.05) is 0 Å². The molecule has 4 heteroatoms. The molecule has 12 aromatic rings. The third-order valence-corrected chi connectivity index (χ3v) is 10.8. The zero-order valence-corrected chi connectivity index (χ0v) is 26.8. The van der Waals surface area contributed by atoms with Gasteiger partial charge in [0, 0.05) is 48.7 Å². The van der Waals surface area contributed by atoms with E-state index in [0.29, 0.717) is 5.95 Å². The zero-order chi connectivity index (χ0) is 32.5. The topological polar surface area (TPSA) is 35.1 Å². The summed E-state index contributed by atoms with van der Waals surface area (Å²) in [6, 6.07) is 56.7. The van der Waals surface area contributed by atoms with Crippen LogP contribution in [0.5, 0.6) is 0 Å². The summed E-state index contributed by atoms with van der Waals surface area (Å²) in [7, 11) is 0. The van der Waals surface area contributed by atoms with E-state index in [0.717, 1.165) is 38.6 Å². The van der Waals surface area contributed by atoms with Gasteiger partial charge in [-0.25, -0.2) is 9.97 Å². The van der Waals surface area contributed by atoms with Crippen molar-refractivity contribution in [1.29, 1.82) is 0 Å². The van der Waals surface area contributed by atoms with Crippen molar-refractivity contribution in [2.24, 2.45) is 0 Å². The lowest BCUT2D eigenvalue weighted by molar-refractivity contribution is 1.02. The Kier molecular flexibility index (Phi) is 4.94. The average Bonchev–Trinajstić information content (AvgIpc) is 3.82. The predicted octanol–water partition coefficient (Wildman–Crippen LogP) is 11.9. The first-order valence-corrected chi connectivity index (χ1v) is 17.1. The van der Waals surface area contributed by atoms with Gasteiger partial charge in [-0.2, -0.15) is 0 Å². The second kappa shape index (κ2) is 9.43. The second-order valence-corrected chi connectivity index (χ2v) is 13.3. The molecule has 0 aliphatic rings. The zero-order valence-electron chi connectivity index (χ0n) is 26.8. The summed E-state index contributed by atoms with van der Waals surface area (Å²) in [5.41, 5.74) is 8.88. The maximum absolute atomic E-state index is 5.56. The van der Waals surface area contributed by atoms with Gasteiger partial charge < -0.3 is 4.40 Å². The Morgan fingerprint density at radius 2 is 1.02 bits per heavy atom. The molecule has 0 aliphatic carbocycles. The molecule has 4 heterocycles. The fraction of sp³-hybridized carbons (Fsp3) is 0. The molecule has 0 atom stereocenters. The number of para-hydroxylation sites is 2. The van der Waals surface area contributed by atoms with Gasteiger partial charge in [-0.05, 0) is 40.4 Å². The molecule has 0 spiro atoms. The van der Waals surface area contributed by atoms with E-state index in [9.17, 15) is 0 Å². The summed E-state index contributed by atoms with van der Waals surface area (Å²) in [6.45, 7) is 0. The van der Waals surface area contributed by atoms with Gasteiger partial charge in [0.05, 0.1) is 38.8 Å². The van der Waals surface area contributed by atoms with Crippen LogP contribution in [-0.2, 0) is 0 Å². The highest BCUT2D eigenvalue weighted by Crippen LogP contribution is 2.47. The number of nitrogens with zero attached hydrogens (tertiary/aromatic N) is 4. The third-order valence-electron chi connectivity index (χ3n) is 10.8. The normalized spacial score (nSPS) is 12.4. The quantitative estimate of drug-likeness (QED) is 0.177. The lowest BCUT2D eigenvalue weighted by atomic mass is 10.0. The fourth-order valence-corrected chi connectivity index (χ4v) is 8.78. The van der Waals surface area contributed by atoms with E-state index in [4.69, 9.17) is 9.97 Å². The van der Waals surface area contributed by atoms with Crippen LogP contribution >= 0.6 is 0 Å². The third kappa shape index (κ3) is 3.25. The van der Waals surface area contributed by atoms with Gasteiger partial charge in [0.25, 0.3) is 0 Å². The van der Waals surface area contributed by atoms with Gasteiger partial charge in [0.15, 0.2) is 0 Å². The number of fused-ring (bicyclic) bond motifs is 15. The Bertz CT molecular complexity index is 3370. The van der Waals surface area contributed by atoms with Crippen LogP contribution in [-0.4, -0.2) is 18.9 Å². The van der Waals surface area contributed by atoms with Crippen molar-refractivity contribution in [3.05, 3.63) is 158 Å². The summed E-state index contributed by atoms with van der Waals surface area (Å²) in [5.74, 6) is 0.671. The van der Waals surface area contributed by atoms with Crippen LogP contribution in [0.2, 0.25) is 0 Å². The first kappa shape index (κ1) is 26.2. The van der Waals surface area contributed by atoms with E-state index in [-0.39, 0.29) is 0 Å². The molecule has 0 bridgehead atoms. The number of hydrogen-bond donors (Lipinski definition) is 0. The lowest BCUT2D eigenvalue weighted by Gasteiger charge is -2.14. The van der Waals surface area contributed by atoms with E-state index < -0.39 is 0 Å². The Hall–Kier alpha value is -6.78. The van der Waals surface area contributed by atoms with E-state index in [2.05, 4.69) is 167 Å². The molecule has 50 heavy (non-hydrogen) atoms. The molecular formula is C46H26N4. The van der Waals surface area contributed by atoms with Crippen LogP contribution in [0, 0.1) is 0 Å². The van der Waals surface area contributed by atoms with Crippen LogP contribution in [0.15, 0.2) is 158 Å². The van der Waals surface area contributed by atoms with Crippen LogP contribution in [0.1, 0.15) is 0 Å². The fourth-order valence-electron chi connectivity index (χ4n) is 8.78. The van der Waals surface area contributed by atoms with Crippen LogP contribution in [0.4, 0.5) is 0 Å². The first-order chi connectivity index (χ1) is 24.8. The molecule has 4 nitrogen and oxygen atoms in total. The van der Waals surface area contributed by atoms with Crippen molar-refractivity contribution in [3.63, 3.8) is 0 Å². The van der Waals surface area contributed by atoms with Crippen LogP contribution < -0.4 is 0 Å². The Labute approximate surface area is 285 Å². The molecule has 0 aliphatic heterocycles. The molecule has 0 unspecified atom stereocenters. The minimum Gasteiger partial charge on any atom is -0.308 e. The molecule has 0 N–H and O–H groups in total. The molecule has 0 amide bonds. The average molecular weight is 635 g/mol. The van der Waals surface area contributed by atoms with Crippen LogP contribution in [0.25, 0.3) is 110 Å². The number of rotatable bonds is 2. The largest absolute Gasteiger partial charge is 0.308 e. The van der Waals surface area contributed by atoms with E-state index >= 15 is 0 Å². The molecule has 0 radical (unpaired) electrons. The summed E-state index contributed by atoms with van der Waals surface area (Å²) in [4.78, 5) is 11.0. The maximum Gasteiger partial charge on any atom is 0.235 e. The molecule has 230 valence electrons. The molecular weight excluding hydrogens is 609 g/mol. The second-order valence-electron chi connectivity index (χ2n) is 13.3. The smallest absolute Gasteiger partial charge is 0.235 e. The SMILES string of the molecule is c1ccc(-c2nc(-n3c4cc5c6ccccc6n6c7ccccc7c(c4c4ccc7ccccc7c43)c56)nc3ccc4ccccc4c23)cc1. The van der Waals surface area contributed by atoms with Crippen molar-refractivity contribution in [2.75, 3.05) is 0 Å². The van der Waals surface area contributed by atoms with Gasteiger partial charge in [-0.1, -0.05) is 133 Å². The van der Waals surface area contributed by atoms with Gasteiger partial charge >= 0.3 is 0 Å². The standard InChI is InChI=1S/C46H26N4/c1-2-14-29(15-3-1)43-40-30-16-6-4-12-27(30)23-25-36(40)47-46(48-43)50-39-26-35-32-18-8-10-20-37(32)49-38-21-11-9-19-33(38)42(45(35)49)41(39)34-24-22-28-13-5-7-17-31(28)44(34)50/h1-26H. The van der Waals surface area contributed by atoms with Crippen molar-refractivity contribution < 1.29 is 0 Å². The summed E-state index contributed by atoms with van der Waals surface area (Å²) in [6.07, 6.45) is 0. The number of aromatic nitrogens is 4. The predicted molar refractivity (Wildman–Crippen MR) is 209 cm³/mol. The molecule has 0 fully saturated rings. The maximum atomic E-state index is 5.56. The summed E-state index contributed by atoms with van der Waals surface area (Å²) >= 11 is 0. The minimum atomic E-state index is 0.671. The van der Waals surface area contributed by atoms with Gasteiger partial charge in [-0.15, -0.1) is 0 Å². The Morgan fingerprint density at radius 3 is 1.84 bits per heavy atom. The van der Waals surface area contributed by atoms with Crippen molar-refractivity contribution in [3.8, 4) is 17.2 Å². The van der Waals surface area contributed by atoms with E-state index in [1.165, 1.54) is 65.0 Å². The number of hydrogen-bond acceptors (Lipinski definition) is 2. The summed E-state index contributed by atoms with van der Waals surface area (Å²) < 4.78 is 4.81. The van der Waals surface area contributed by atoms with Crippen molar-refractivity contribution >= 4 is 92.3 Å². The molecule has 12 rings (SSSR count). The molecule has 8 aromatic carbocycles. The highest BCUT2D eigenvalue weighted by Gasteiger charge is 2.26. The minimum absolute atomic E-state index is 0.671. The molecule has 4 aromatic heterocycles. The highest BCUT2D eigenvalue weighted by molar-refractivity contribution is 6.37. The number of benzene rings is 8. The van der Waals surface area contributed by atoms with E-state index in [1.54, 1.807) is 0 Å². The summed E-state index contributed by atoms with van der Waals surface area (Å²) in [5, 5.41) is 13.2. The van der Waals surface area contributed by atoms with Gasteiger partial charge in [0.1, 0.15) is 0 Å². The Balaban J connectivity index is 1.35. The van der Waals surface area contributed by atoms with Crippen molar-refractivity contribution in [2.45, 2.75) is 0 Å². The van der Waals surface area contributed by atoms with Gasteiger partial charge in [-0.3, -0.25) is 4.57 Å². The van der Waals surface area contributed by atoms with Gasteiger partial charge in [0.2, 0.25) is 5.95 Å².